The molecular weight excluding hydrogens is 281 g/mol. The molecule has 0 saturated heterocycles. The lowest BCUT2D eigenvalue weighted by Gasteiger charge is -2.07. The number of carbonyl (C=O) groups is 1. The molecule has 0 spiro atoms. The van der Waals surface area contributed by atoms with Gasteiger partial charge in [-0.1, -0.05) is 29.8 Å². The third kappa shape index (κ3) is 3.71. The average molecular weight is 294 g/mol. The van der Waals surface area contributed by atoms with Gasteiger partial charge in [-0.25, -0.2) is 4.39 Å². The van der Waals surface area contributed by atoms with Gasteiger partial charge in [0.1, 0.15) is 11.6 Å². The fourth-order valence-electron chi connectivity index (χ4n) is 1.77. The van der Waals surface area contributed by atoms with E-state index in [1.54, 1.807) is 24.3 Å². The zero-order valence-electron chi connectivity index (χ0n) is 10.6. The molecule has 0 unspecified atom stereocenters. The lowest BCUT2D eigenvalue weighted by Crippen LogP contribution is -2.12. The zero-order valence-corrected chi connectivity index (χ0v) is 11.3. The van der Waals surface area contributed by atoms with Crippen molar-refractivity contribution in [1.82, 2.24) is 0 Å². The lowest BCUT2D eigenvalue weighted by atomic mass is 10.1. The number of anilines is 1. The van der Waals surface area contributed by atoms with E-state index >= 15 is 0 Å². The van der Waals surface area contributed by atoms with Crippen molar-refractivity contribution in [1.29, 1.82) is 0 Å². The number of hydrogen-bond acceptors (Lipinski definition) is 2. The Kier molecular flexibility index (Phi) is 4.58. The van der Waals surface area contributed by atoms with Gasteiger partial charge in [0.2, 0.25) is 5.91 Å². The highest BCUT2D eigenvalue weighted by atomic mass is 35.5. The van der Waals surface area contributed by atoms with Crippen LogP contribution in [0.15, 0.2) is 42.5 Å². The Bertz CT molecular complexity index is 631. The fraction of sp³-hybridized carbons (Fsp3) is 0.133. The number of hydrogen-bond donors (Lipinski definition) is 2. The number of benzene rings is 2. The molecule has 0 bridgehead atoms. The molecule has 2 aromatic rings. The molecule has 0 aliphatic rings. The molecule has 2 N–H and O–H groups in total. The van der Waals surface area contributed by atoms with Crippen LogP contribution in [-0.4, -0.2) is 11.0 Å². The van der Waals surface area contributed by atoms with Gasteiger partial charge in [0.05, 0.1) is 5.02 Å². The molecular formula is C15H13ClFNO2. The number of halogens is 2. The maximum absolute atomic E-state index is 13.0. The Hall–Kier alpha value is -2.07. The van der Waals surface area contributed by atoms with Crippen molar-refractivity contribution in [2.24, 2.45) is 0 Å². The third-order valence-electron chi connectivity index (χ3n) is 2.82. The number of aromatic hydroxyl groups is 1. The van der Waals surface area contributed by atoms with Gasteiger partial charge >= 0.3 is 0 Å². The highest BCUT2D eigenvalue weighted by molar-refractivity contribution is 6.31. The maximum atomic E-state index is 13.0. The highest BCUT2D eigenvalue weighted by Crippen LogP contribution is 2.20. The first-order chi connectivity index (χ1) is 9.56. The van der Waals surface area contributed by atoms with Gasteiger partial charge < -0.3 is 10.4 Å². The summed E-state index contributed by atoms with van der Waals surface area (Å²) < 4.78 is 13.0. The molecule has 1 amide bonds. The second-order valence-electron chi connectivity index (χ2n) is 4.31. The van der Waals surface area contributed by atoms with Crippen LogP contribution >= 0.6 is 11.6 Å². The number of aryl methyl sites for hydroxylation is 1. The second-order valence-corrected chi connectivity index (χ2v) is 4.71. The van der Waals surface area contributed by atoms with Crippen LogP contribution < -0.4 is 5.32 Å². The number of phenols is 1. The maximum Gasteiger partial charge on any atom is 0.224 e. The average Bonchev–Trinajstić information content (AvgIpc) is 2.42. The Labute approximate surface area is 121 Å². The predicted octanol–water partition coefficient (Wildman–Crippen LogP) is 3.76. The molecule has 0 fully saturated rings. The van der Waals surface area contributed by atoms with Gasteiger partial charge in [-0.05, 0) is 36.2 Å². The predicted molar refractivity (Wildman–Crippen MR) is 76.5 cm³/mol. The van der Waals surface area contributed by atoms with Crippen molar-refractivity contribution in [2.45, 2.75) is 12.8 Å². The minimum atomic E-state index is -0.529. The molecule has 0 saturated carbocycles. The second kappa shape index (κ2) is 6.39. The van der Waals surface area contributed by atoms with Gasteiger partial charge in [0.15, 0.2) is 0 Å². The van der Waals surface area contributed by atoms with E-state index in [1.807, 2.05) is 0 Å². The van der Waals surface area contributed by atoms with E-state index in [9.17, 15) is 14.3 Å². The Balaban J connectivity index is 1.93. The van der Waals surface area contributed by atoms with Crippen LogP contribution in [0.5, 0.6) is 5.75 Å². The van der Waals surface area contributed by atoms with Crippen LogP contribution in [0.2, 0.25) is 5.02 Å². The Morgan fingerprint density at radius 2 is 2.00 bits per heavy atom. The van der Waals surface area contributed by atoms with E-state index in [1.165, 1.54) is 18.2 Å². The number of phenolic OH excluding ortho intramolecular Hbond substituents is 1. The van der Waals surface area contributed by atoms with Crippen molar-refractivity contribution in [3.05, 3.63) is 58.9 Å². The monoisotopic (exact) mass is 293 g/mol. The highest BCUT2D eigenvalue weighted by Gasteiger charge is 2.07. The third-order valence-corrected chi connectivity index (χ3v) is 3.11. The first-order valence-corrected chi connectivity index (χ1v) is 6.46. The van der Waals surface area contributed by atoms with Crippen LogP contribution in [0.1, 0.15) is 12.0 Å². The molecule has 3 nitrogen and oxygen atoms in total. The molecule has 0 aliphatic carbocycles. The molecule has 20 heavy (non-hydrogen) atoms. The molecule has 0 atom stereocenters. The van der Waals surface area contributed by atoms with E-state index in [0.29, 0.717) is 17.7 Å². The molecule has 2 aromatic carbocycles. The summed E-state index contributed by atoms with van der Waals surface area (Å²) >= 11 is 5.63. The zero-order chi connectivity index (χ0) is 14.5. The van der Waals surface area contributed by atoms with Crippen LogP contribution in [-0.2, 0) is 11.2 Å². The van der Waals surface area contributed by atoms with Crippen LogP contribution in [0, 0.1) is 5.82 Å². The topological polar surface area (TPSA) is 49.3 Å². The number of nitrogens with one attached hydrogen (secondary N) is 1. The molecule has 0 aliphatic heterocycles. The SMILES string of the molecule is O=C(CCc1ccccc1O)Nc1ccc(F)c(Cl)c1. The first kappa shape index (κ1) is 14.3. The van der Waals surface area contributed by atoms with Gasteiger partial charge in [-0.3, -0.25) is 4.79 Å². The summed E-state index contributed by atoms with van der Waals surface area (Å²) in [4.78, 5) is 11.8. The summed E-state index contributed by atoms with van der Waals surface area (Å²) in [5.41, 5.74) is 1.15. The van der Waals surface area contributed by atoms with Gasteiger partial charge in [-0.2, -0.15) is 0 Å². The largest absolute Gasteiger partial charge is 0.508 e. The fourth-order valence-corrected chi connectivity index (χ4v) is 1.95. The molecule has 0 aromatic heterocycles. The summed E-state index contributed by atoms with van der Waals surface area (Å²) in [5, 5.41) is 12.2. The van der Waals surface area contributed by atoms with Crippen molar-refractivity contribution in [3.63, 3.8) is 0 Å². The van der Waals surface area contributed by atoms with E-state index in [-0.39, 0.29) is 23.1 Å². The summed E-state index contributed by atoms with van der Waals surface area (Å²) in [6, 6.07) is 10.9. The molecule has 0 heterocycles. The number of amides is 1. The number of para-hydroxylation sites is 1. The number of rotatable bonds is 4. The Morgan fingerprint density at radius 1 is 1.25 bits per heavy atom. The van der Waals surface area contributed by atoms with Gasteiger partial charge in [-0.15, -0.1) is 0 Å². The summed E-state index contributed by atoms with van der Waals surface area (Å²) in [5.74, 6) is -0.583. The van der Waals surface area contributed by atoms with Gasteiger partial charge in [0, 0.05) is 12.1 Å². The van der Waals surface area contributed by atoms with Crippen molar-refractivity contribution < 1.29 is 14.3 Å². The molecule has 5 heteroatoms. The van der Waals surface area contributed by atoms with Crippen molar-refractivity contribution in [2.75, 3.05) is 5.32 Å². The van der Waals surface area contributed by atoms with E-state index in [0.717, 1.165) is 0 Å². The first-order valence-electron chi connectivity index (χ1n) is 6.08. The standard InChI is InChI=1S/C15H13ClFNO2/c16-12-9-11(6-7-13(12)17)18-15(20)8-5-10-3-1-2-4-14(10)19/h1-4,6-7,9,19H,5,8H2,(H,18,20). The molecule has 2 rings (SSSR count). The molecule has 104 valence electrons. The van der Waals surface area contributed by atoms with Gasteiger partial charge in [0.25, 0.3) is 0 Å². The molecule has 0 radical (unpaired) electrons. The van der Waals surface area contributed by atoms with Crippen LogP contribution in [0.3, 0.4) is 0 Å². The summed E-state index contributed by atoms with van der Waals surface area (Å²) in [6.45, 7) is 0. The Morgan fingerprint density at radius 3 is 2.70 bits per heavy atom. The van der Waals surface area contributed by atoms with Crippen LogP contribution in [0.25, 0.3) is 0 Å². The van der Waals surface area contributed by atoms with Crippen molar-refractivity contribution in [3.8, 4) is 5.75 Å². The normalized spacial score (nSPS) is 10.3. The smallest absolute Gasteiger partial charge is 0.224 e. The minimum Gasteiger partial charge on any atom is -0.508 e. The van der Waals surface area contributed by atoms with E-state index < -0.39 is 5.82 Å². The minimum absolute atomic E-state index is 0.0384. The van der Waals surface area contributed by atoms with E-state index in [2.05, 4.69) is 5.32 Å². The summed E-state index contributed by atoms with van der Waals surface area (Å²) in [7, 11) is 0. The lowest BCUT2D eigenvalue weighted by molar-refractivity contribution is -0.116. The number of carbonyl (C=O) groups excluding carboxylic acids is 1. The van der Waals surface area contributed by atoms with Crippen LogP contribution in [0.4, 0.5) is 10.1 Å². The van der Waals surface area contributed by atoms with E-state index in [4.69, 9.17) is 11.6 Å². The quantitative estimate of drug-likeness (QED) is 0.902. The van der Waals surface area contributed by atoms with Crippen molar-refractivity contribution >= 4 is 23.2 Å². The summed E-state index contributed by atoms with van der Waals surface area (Å²) in [6.07, 6.45) is 0.639.